The Morgan fingerprint density at radius 3 is 1.62 bits per heavy atom. The van der Waals surface area contributed by atoms with Crippen LogP contribution in [0.15, 0.2) is 78.9 Å². The first-order valence-electron chi connectivity index (χ1n) is 7.81. The lowest BCUT2D eigenvalue weighted by atomic mass is 9.95. The molecular weight excluding hydrogens is 332 g/mol. The fourth-order valence-electron chi connectivity index (χ4n) is 2.57. The zero-order valence-corrected chi connectivity index (χ0v) is 13.6. The zero-order valence-electron chi connectivity index (χ0n) is 13.6. The van der Waals surface area contributed by atoms with Crippen LogP contribution < -0.4 is 0 Å². The molecule has 0 heterocycles. The molecule has 0 N–H and O–H groups in total. The van der Waals surface area contributed by atoms with Crippen LogP contribution in [-0.2, 0) is 0 Å². The molecule has 6 heteroatoms. The second kappa shape index (κ2) is 7.40. The fourth-order valence-corrected chi connectivity index (χ4v) is 2.57. The van der Waals surface area contributed by atoms with Crippen LogP contribution in [0.2, 0.25) is 0 Å². The van der Waals surface area contributed by atoms with Crippen molar-refractivity contribution in [3.8, 4) is 0 Å². The van der Waals surface area contributed by atoms with Crippen LogP contribution in [0.1, 0.15) is 16.7 Å². The maximum absolute atomic E-state index is 10.9. The highest BCUT2D eigenvalue weighted by Gasteiger charge is 2.10. The third kappa shape index (κ3) is 3.81. The van der Waals surface area contributed by atoms with Gasteiger partial charge in [0, 0.05) is 24.3 Å². The van der Waals surface area contributed by atoms with Crippen LogP contribution >= 0.6 is 0 Å². The average Bonchev–Trinajstić information content (AvgIpc) is 2.67. The standard InChI is InChI=1S/C20H14N2O4/c23-21(24)18-10-6-15(7-11-18)14-20(16-4-2-1-3-5-16)17-8-12-19(13-9-17)22(25)26/h1-14H/b20-14+. The second-order valence-electron chi connectivity index (χ2n) is 5.58. The molecule has 0 aliphatic rings. The van der Waals surface area contributed by atoms with E-state index in [4.69, 9.17) is 0 Å². The third-order valence-corrected chi connectivity index (χ3v) is 3.89. The number of non-ortho nitro benzene ring substituents is 2. The Hall–Kier alpha value is -3.80. The number of rotatable bonds is 5. The van der Waals surface area contributed by atoms with Crippen LogP contribution in [0, 0.1) is 20.2 Å². The first kappa shape index (κ1) is 17.0. The summed E-state index contributed by atoms with van der Waals surface area (Å²) >= 11 is 0. The second-order valence-corrected chi connectivity index (χ2v) is 5.58. The molecule has 0 amide bonds. The first-order chi connectivity index (χ1) is 12.5. The van der Waals surface area contributed by atoms with E-state index >= 15 is 0 Å². The van der Waals surface area contributed by atoms with Crippen molar-refractivity contribution in [2.75, 3.05) is 0 Å². The van der Waals surface area contributed by atoms with Crippen molar-refractivity contribution in [1.29, 1.82) is 0 Å². The van der Waals surface area contributed by atoms with E-state index in [9.17, 15) is 20.2 Å². The largest absolute Gasteiger partial charge is 0.269 e. The molecule has 26 heavy (non-hydrogen) atoms. The lowest BCUT2D eigenvalue weighted by Crippen LogP contribution is -1.91. The van der Waals surface area contributed by atoms with Crippen molar-refractivity contribution in [1.82, 2.24) is 0 Å². The highest BCUT2D eigenvalue weighted by atomic mass is 16.6. The summed E-state index contributed by atoms with van der Waals surface area (Å²) in [5.74, 6) is 0. The van der Waals surface area contributed by atoms with E-state index in [0.717, 1.165) is 22.3 Å². The van der Waals surface area contributed by atoms with Gasteiger partial charge in [0.15, 0.2) is 0 Å². The number of benzene rings is 3. The Morgan fingerprint density at radius 2 is 1.12 bits per heavy atom. The number of nitrogens with zero attached hydrogens (tertiary/aromatic N) is 2. The molecule has 3 rings (SSSR count). The Balaban J connectivity index is 2.06. The highest BCUT2D eigenvalue weighted by molar-refractivity contribution is 5.91. The molecule has 0 aromatic heterocycles. The molecule has 0 bridgehead atoms. The van der Waals surface area contributed by atoms with Crippen molar-refractivity contribution in [2.24, 2.45) is 0 Å². The molecule has 0 aliphatic carbocycles. The van der Waals surface area contributed by atoms with Crippen LogP contribution in [0.3, 0.4) is 0 Å². The van der Waals surface area contributed by atoms with Gasteiger partial charge in [-0.1, -0.05) is 30.3 Å². The predicted octanol–water partition coefficient (Wildman–Crippen LogP) is 5.09. The smallest absolute Gasteiger partial charge is 0.258 e. The number of nitro benzene ring substituents is 2. The van der Waals surface area contributed by atoms with Crippen LogP contribution in [0.25, 0.3) is 11.6 Å². The van der Waals surface area contributed by atoms with E-state index < -0.39 is 9.85 Å². The summed E-state index contributed by atoms with van der Waals surface area (Å²) in [7, 11) is 0. The molecule has 0 saturated carbocycles. The summed E-state index contributed by atoms with van der Waals surface area (Å²) in [6, 6.07) is 22.2. The molecule has 0 aliphatic heterocycles. The summed E-state index contributed by atoms with van der Waals surface area (Å²) in [5.41, 5.74) is 3.48. The lowest BCUT2D eigenvalue weighted by molar-refractivity contribution is -0.385. The SMILES string of the molecule is O=[N+]([O-])c1ccc(/C=C(\c2ccccc2)c2ccc([N+](=O)[O-])cc2)cc1. The van der Waals surface area contributed by atoms with E-state index in [2.05, 4.69) is 0 Å². The summed E-state index contributed by atoms with van der Waals surface area (Å²) in [6.07, 6.45) is 1.90. The van der Waals surface area contributed by atoms with Gasteiger partial charge in [-0.2, -0.15) is 0 Å². The molecule has 0 fully saturated rings. The molecular formula is C20H14N2O4. The van der Waals surface area contributed by atoms with Crippen LogP contribution in [0.4, 0.5) is 11.4 Å². The summed E-state index contributed by atoms with van der Waals surface area (Å²) in [5, 5.41) is 21.7. The van der Waals surface area contributed by atoms with Gasteiger partial charge in [-0.15, -0.1) is 0 Å². The molecule has 3 aromatic rings. The van der Waals surface area contributed by atoms with Gasteiger partial charge in [-0.25, -0.2) is 0 Å². The molecule has 0 radical (unpaired) electrons. The Morgan fingerprint density at radius 1 is 0.654 bits per heavy atom. The predicted molar refractivity (Wildman–Crippen MR) is 99.6 cm³/mol. The lowest BCUT2D eigenvalue weighted by Gasteiger charge is -2.09. The monoisotopic (exact) mass is 346 g/mol. The third-order valence-electron chi connectivity index (χ3n) is 3.89. The van der Waals surface area contributed by atoms with E-state index in [1.807, 2.05) is 36.4 Å². The van der Waals surface area contributed by atoms with Gasteiger partial charge in [0.25, 0.3) is 11.4 Å². The topological polar surface area (TPSA) is 86.3 Å². The molecule has 0 atom stereocenters. The van der Waals surface area contributed by atoms with Crippen LogP contribution in [-0.4, -0.2) is 9.85 Å². The summed E-state index contributed by atoms with van der Waals surface area (Å²) in [6.45, 7) is 0. The highest BCUT2D eigenvalue weighted by Crippen LogP contribution is 2.28. The molecule has 0 saturated heterocycles. The molecule has 3 aromatic carbocycles. The van der Waals surface area contributed by atoms with E-state index in [0.29, 0.717) is 0 Å². The van der Waals surface area contributed by atoms with Crippen molar-refractivity contribution < 1.29 is 9.85 Å². The van der Waals surface area contributed by atoms with E-state index in [1.54, 1.807) is 24.3 Å². The minimum absolute atomic E-state index is 0.0245. The fraction of sp³-hybridized carbons (Fsp3) is 0. The van der Waals surface area contributed by atoms with Gasteiger partial charge in [-0.05, 0) is 52.6 Å². The van der Waals surface area contributed by atoms with Gasteiger partial charge in [0.1, 0.15) is 0 Å². The van der Waals surface area contributed by atoms with Gasteiger partial charge in [0.2, 0.25) is 0 Å². The minimum atomic E-state index is -0.443. The summed E-state index contributed by atoms with van der Waals surface area (Å²) < 4.78 is 0. The quantitative estimate of drug-likeness (QED) is 0.366. The average molecular weight is 346 g/mol. The maximum atomic E-state index is 10.9. The normalized spacial score (nSPS) is 11.2. The summed E-state index contributed by atoms with van der Waals surface area (Å²) in [4.78, 5) is 20.8. The van der Waals surface area contributed by atoms with Gasteiger partial charge in [0.05, 0.1) is 9.85 Å². The minimum Gasteiger partial charge on any atom is -0.258 e. The van der Waals surface area contributed by atoms with Crippen molar-refractivity contribution in [3.63, 3.8) is 0 Å². The van der Waals surface area contributed by atoms with Crippen molar-refractivity contribution >= 4 is 23.0 Å². The molecule has 6 nitrogen and oxygen atoms in total. The van der Waals surface area contributed by atoms with Gasteiger partial charge in [-0.3, -0.25) is 20.2 Å². The maximum Gasteiger partial charge on any atom is 0.269 e. The molecule has 0 spiro atoms. The van der Waals surface area contributed by atoms with Gasteiger partial charge >= 0.3 is 0 Å². The Bertz CT molecular complexity index is 963. The first-order valence-corrected chi connectivity index (χ1v) is 7.81. The molecule has 128 valence electrons. The molecule has 0 unspecified atom stereocenters. The van der Waals surface area contributed by atoms with E-state index in [-0.39, 0.29) is 11.4 Å². The van der Waals surface area contributed by atoms with Crippen molar-refractivity contribution in [2.45, 2.75) is 0 Å². The van der Waals surface area contributed by atoms with Gasteiger partial charge < -0.3 is 0 Å². The van der Waals surface area contributed by atoms with Crippen molar-refractivity contribution in [3.05, 3.63) is 116 Å². The van der Waals surface area contributed by atoms with E-state index in [1.165, 1.54) is 24.3 Å². The number of nitro groups is 2. The van der Waals surface area contributed by atoms with Crippen LogP contribution in [0.5, 0.6) is 0 Å². The number of hydrogen-bond donors (Lipinski definition) is 0. The Kier molecular flexibility index (Phi) is 4.85. The Labute approximate surface area is 149 Å². The zero-order chi connectivity index (χ0) is 18.5. The number of hydrogen-bond acceptors (Lipinski definition) is 4.